The summed E-state index contributed by atoms with van der Waals surface area (Å²) in [6, 6.07) is 0. The maximum Gasteiger partial charge on any atom is 0.407 e. The SMILES string of the molecule is CCCCNC(=O)O[C@]1(CC=O)CC[C@H]2[C@@H]3CCC4=CCC=C[C@]4(C)[C@H]3CC[C@@]21C. The summed E-state index contributed by atoms with van der Waals surface area (Å²) in [4.78, 5) is 24.3. The number of rotatable bonds is 6. The number of fused-ring (bicyclic) bond motifs is 5. The Balaban J connectivity index is 1.58. The van der Waals surface area contributed by atoms with Crippen molar-refractivity contribution in [3.05, 3.63) is 23.8 Å². The van der Waals surface area contributed by atoms with E-state index in [-0.39, 0.29) is 16.9 Å². The number of nitrogens with one attached hydrogen (secondary N) is 1. The number of hydrogen-bond acceptors (Lipinski definition) is 3. The number of alkyl carbamates (subject to hydrolysis) is 1. The van der Waals surface area contributed by atoms with Crippen molar-refractivity contribution < 1.29 is 14.3 Å². The molecule has 0 heterocycles. The molecular formula is C26H39NO3. The summed E-state index contributed by atoms with van der Waals surface area (Å²) in [5.41, 5.74) is 1.06. The van der Waals surface area contributed by atoms with Crippen molar-refractivity contribution in [1.29, 1.82) is 0 Å². The zero-order valence-corrected chi connectivity index (χ0v) is 19.0. The largest absolute Gasteiger partial charge is 0.442 e. The molecule has 4 aliphatic rings. The monoisotopic (exact) mass is 413 g/mol. The van der Waals surface area contributed by atoms with Crippen molar-refractivity contribution in [2.24, 2.45) is 28.6 Å². The Kier molecular flexibility index (Phi) is 5.89. The van der Waals surface area contributed by atoms with Gasteiger partial charge in [-0.1, -0.05) is 51.0 Å². The minimum atomic E-state index is -0.653. The second-order valence-electron chi connectivity index (χ2n) is 10.6. The number of aldehydes is 1. The van der Waals surface area contributed by atoms with Crippen molar-refractivity contribution in [3.8, 4) is 0 Å². The number of amides is 1. The molecule has 30 heavy (non-hydrogen) atoms. The highest BCUT2D eigenvalue weighted by Crippen LogP contribution is 2.68. The number of allylic oxidation sites excluding steroid dienone is 4. The van der Waals surface area contributed by atoms with Gasteiger partial charge in [-0.25, -0.2) is 4.79 Å². The van der Waals surface area contributed by atoms with Gasteiger partial charge in [0, 0.05) is 23.8 Å². The smallest absolute Gasteiger partial charge is 0.407 e. The van der Waals surface area contributed by atoms with Crippen molar-refractivity contribution in [2.75, 3.05) is 6.54 Å². The van der Waals surface area contributed by atoms with E-state index in [0.29, 0.717) is 30.7 Å². The summed E-state index contributed by atoms with van der Waals surface area (Å²) in [6.45, 7) is 7.50. The molecule has 0 bridgehead atoms. The molecule has 0 saturated heterocycles. The van der Waals surface area contributed by atoms with E-state index in [1.54, 1.807) is 5.57 Å². The first kappa shape index (κ1) is 21.6. The van der Waals surface area contributed by atoms with Crippen LogP contribution in [0, 0.1) is 28.6 Å². The van der Waals surface area contributed by atoms with E-state index in [1.165, 1.54) is 12.8 Å². The minimum Gasteiger partial charge on any atom is -0.442 e. The maximum absolute atomic E-state index is 12.6. The van der Waals surface area contributed by atoms with Gasteiger partial charge >= 0.3 is 6.09 Å². The second-order valence-corrected chi connectivity index (χ2v) is 10.6. The summed E-state index contributed by atoms with van der Waals surface area (Å²) >= 11 is 0. The van der Waals surface area contributed by atoms with E-state index in [4.69, 9.17) is 4.74 Å². The average molecular weight is 414 g/mol. The van der Waals surface area contributed by atoms with E-state index in [9.17, 15) is 9.59 Å². The zero-order valence-electron chi connectivity index (χ0n) is 19.0. The molecule has 6 atom stereocenters. The van der Waals surface area contributed by atoms with Gasteiger partial charge in [0.05, 0.1) is 0 Å². The lowest BCUT2D eigenvalue weighted by atomic mass is 9.47. The Morgan fingerprint density at radius 2 is 2.03 bits per heavy atom. The van der Waals surface area contributed by atoms with E-state index in [0.717, 1.165) is 51.2 Å². The molecule has 0 unspecified atom stereocenters. The van der Waals surface area contributed by atoms with E-state index < -0.39 is 5.60 Å². The molecule has 4 heteroatoms. The Bertz CT molecular complexity index is 743. The van der Waals surface area contributed by atoms with Crippen molar-refractivity contribution >= 4 is 12.4 Å². The summed E-state index contributed by atoms with van der Waals surface area (Å²) in [5, 5.41) is 2.91. The topological polar surface area (TPSA) is 55.4 Å². The lowest BCUT2D eigenvalue weighted by Gasteiger charge is -2.58. The average Bonchev–Trinajstić information content (AvgIpc) is 3.00. The third-order valence-electron chi connectivity index (χ3n) is 9.40. The van der Waals surface area contributed by atoms with Gasteiger partial charge in [0.25, 0.3) is 0 Å². The summed E-state index contributed by atoms with van der Waals surface area (Å²) in [7, 11) is 0. The molecular weight excluding hydrogens is 374 g/mol. The fourth-order valence-electron chi connectivity index (χ4n) is 7.69. The van der Waals surface area contributed by atoms with Gasteiger partial charge < -0.3 is 14.8 Å². The molecule has 4 rings (SSSR count). The van der Waals surface area contributed by atoms with Crippen molar-refractivity contribution in [1.82, 2.24) is 5.32 Å². The Hall–Kier alpha value is -1.58. The first-order chi connectivity index (χ1) is 14.4. The van der Waals surface area contributed by atoms with Gasteiger partial charge in [0.1, 0.15) is 11.9 Å². The van der Waals surface area contributed by atoms with Crippen LogP contribution in [0.5, 0.6) is 0 Å². The first-order valence-electron chi connectivity index (χ1n) is 12.2. The third kappa shape index (κ3) is 3.26. The highest BCUT2D eigenvalue weighted by molar-refractivity contribution is 5.68. The van der Waals surface area contributed by atoms with Gasteiger partial charge in [-0.3, -0.25) is 0 Å². The first-order valence-corrected chi connectivity index (χ1v) is 12.2. The quantitative estimate of drug-likeness (QED) is 0.331. The van der Waals surface area contributed by atoms with Gasteiger partial charge in [0.15, 0.2) is 0 Å². The molecule has 0 aliphatic heterocycles. The summed E-state index contributed by atoms with van der Waals surface area (Å²) < 4.78 is 6.16. The number of carbonyl (C=O) groups excluding carboxylic acids is 2. The molecule has 4 nitrogen and oxygen atoms in total. The Morgan fingerprint density at radius 3 is 2.80 bits per heavy atom. The van der Waals surface area contributed by atoms with Crippen LogP contribution in [0.3, 0.4) is 0 Å². The molecule has 3 saturated carbocycles. The predicted molar refractivity (Wildman–Crippen MR) is 119 cm³/mol. The molecule has 3 fully saturated rings. The van der Waals surface area contributed by atoms with Crippen LogP contribution in [0.4, 0.5) is 4.79 Å². The van der Waals surface area contributed by atoms with Crippen LogP contribution in [0.1, 0.15) is 85.0 Å². The lowest BCUT2D eigenvalue weighted by molar-refractivity contribution is -0.137. The van der Waals surface area contributed by atoms with Crippen LogP contribution >= 0.6 is 0 Å². The van der Waals surface area contributed by atoms with Crippen molar-refractivity contribution in [3.63, 3.8) is 0 Å². The van der Waals surface area contributed by atoms with Gasteiger partial charge in [-0.15, -0.1) is 0 Å². The van der Waals surface area contributed by atoms with Crippen LogP contribution in [0.2, 0.25) is 0 Å². The van der Waals surface area contributed by atoms with E-state index >= 15 is 0 Å². The maximum atomic E-state index is 12.6. The van der Waals surface area contributed by atoms with Crippen LogP contribution < -0.4 is 5.32 Å². The fraction of sp³-hybridized carbons (Fsp3) is 0.769. The van der Waals surface area contributed by atoms with Crippen LogP contribution in [-0.4, -0.2) is 24.5 Å². The van der Waals surface area contributed by atoms with Gasteiger partial charge in [0.2, 0.25) is 0 Å². The van der Waals surface area contributed by atoms with E-state index in [1.807, 2.05) is 0 Å². The second kappa shape index (κ2) is 8.16. The molecule has 0 aromatic rings. The van der Waals surface area contributed by atoms with Gasteiger partial charge in [-0.05, 0) is 69.1 Å². The summed E-state index contributed by atoms with van der Waals surface area (Å²) in [6.07, 6.45) is 17.8. The molecule has 166 valence electrons. The highest BCUT2D eigenvalue weighted by Gasteiger charge is 2.65. The molecule has 0 radical (unpaired) electrons. The lowest BCUT2D eigenvalue weighted by Crippen LogP contribution is -2.56. The Labute approximate surface area is 181 Å². The molecule has 1 amide bonds. The number of unbranched alkanes of at least 4 members (excludes halogenated alkanes) is 1. The third-order valence-corrected chi connectivity index (χ3v) is 9.40. The normalized spacial score (nSPS) is 41.8. The highest BCUT2D eigenvalue weighted by atomic mass is 16.6. The minimum absolute atomic E-state index is 0.118. The van der Waals surface area contributed by atoms with Crippen LogP contribution in [-0.2, 0) is 9.53 Å². The Morgan fingerprint density at radius 1 is 1.23 bits per heavy atom. The fourth-order valence-corrected chi connectivity index (χ4v) is 7.69. The molecule has 0 spiro atoms. The molecule has 1 N–H and O–H groups in total. The van der Waals surface area contributed by atoms with Crippen molar-refractivity contribution in [2.45, 2.75) is 90.6 Å². The number of carbonyl (C=O) groups is 2. The molecule has 0 aromatic carbocycles. The number of ether oxygens (including phenoxy) is 1. The zero-order chi connectivity index (χ0) is 21.4. The van der Waals surface area contributed by atoms with E-state index in [2.05, 4.69) is 44.3 Å². The van der Waals surface area contributed by atoms with Gasteiger partial charge in [-0.2, -0.15) is 0 Å². The molecule has 0 aromatic heterocycles. The number of hydrogen-bond donors (Lipinski definition) is 1. The van der Waals surface area contributed by atoms with Crippen LogP contribution in [0.15, 0.2) is 23.8 Å². The van der Waals surface area contributed by atoms with Crippen LogP contribution in [0.25, 0.3) is 0 Å². The molecule has 4 aliphatic carbocycles. The summed E-state index contributed by atoms with van der Waals surface area (Å²) in [5.74, 6) is 1.83. The predicted octanol–water partition coefficient (Wildman–Crippen LogP) is 5.97. The standard InChI is InChI=1S/C26H39NO3/c1-4-5-17-27-23(29)30-26(16-18-28)15-12-22-20-10-9-19-8-6-7-13-24(19,2)21(20)11-14-25(22,26)3/h7-8,13,18,20-22H,4-6,9-12,14-17H2,1-3H3,(H,27,29)/t20-,21+,22+,24+,25+,26+/m1/s1.